The minimum absolute atomic E-state index is 0.0392. The van der Waals surface area contributed by atoms with Gasteiger partial charge in [0.15, 0.2) is 0 Å². The zero-order valence-corrected chi connectivity index (χ0v) is 18.5. The van der Waals surface area contributed by atoms with E-state index < -0.39 is 47.4 Å². The fraction of sp³-hybridized carbons (Fsp3) is 0.524. The number of benzene rings is 1. The van der Waals surface area contributed by atoms with E-state index in [2.05, 4.69) is 5.32 Å². The average molecular weight is 421 g/mol. The molecule has 0 unspecified atom stereocenters. The maximum atomic E-state index is 14.7. The molecule has 0 radical (unpaired) electrons. The van der Waals surface area contributed by atoms with Gasteiger partial charge in [-0.1, -0.05) is 18.2 Å². The number of carboxylic acid groups (broad SMARTS) is 1. The van der Waals surface area contributed by atoms with Crippen molar-refractivity contribution in [3.8, 4) is 0 Å². The van der Waals surface area contributed by atoms with Gasteiger partial charge in [0.2, 0.25) is 0 Å². The molecule has 1 aromatic rings. The van der Waals surface area contributed by atoms with E-state index in [1.807, 2.05) is 27.7 Å². The van der Waals surface area contributed by atoms with E-state index >= 15 is 0 Å². The van der Waals surface area contributed by atoms with Crippen LogP contribution in [0.1, 0.15) is 64.4 Å². The highest BCUT2D eigenvalue weighted by atomic mass is 19.1. The summed E-state index contributed by atoms with van der Waals surface area (Å²) in [6.07, 6.45) is 0.783. The van der Waals surface area contributed by atoms with Crippen molar-refractivity contribution >= 4 is 25.3 Å². The fourth-order valence-corrected chi connectivity index (χ4v) is 2.71. The number of ether oxygens (including phenoxy) is 1. The van der Waals surface area contributed by atoms with Crippen molar-refractivity contribution in [2.24, 2.45) is 0 Å². The third-order valence-electron chi connectivity index (χ3n) is 4.99. The molecular formula is C21H29BFNO6. The van der Waals surface area contributed by atoms with Crippen LogP contribution in [0.5, 0.6) is 0 Å². The van der Waals surface area contributed by atoms with Gasteiger partial charge in [0, 0.05) is 12.1 Å². The lowest BCUT2D eigenvalue weighted by molar-refractivity contribution is 0.00578. The molecule has 1 heterocycles. The molecule has 1 aromatic carbocycles. The lowest BCUT2D eigenvalue weighted by atomic mass is 9.77. The van der Waals surface area contributed by atoms with E-state index in [0.29, 0.717) is 5.47 Å². The number of carboxylic acids is 1. The van der Waals surface area contributed by atoms with Crippen molar-refractivity contribution in [3.05, 3.63) is 40.6 Å². The third-order valence-corrected chi connectivity index (χ3v) is 4.99. The van der Waals surface area contributed by atoms with Crippen LogP contribution >= 0.6 is 0 Å². The molecule has 0 bridgehead atoms. The average Bonchev–Trinajstić information content (AvgIpc) is 2.78. The van der Waals surface area contributed by atoms with Crippen LogP contribution in [-0.4, -0.2) is 47.6 Å². The SMILES string of the molecule is CC(C)(C)OC(=O)NCC(=Cc1cccc(C(=O)O)c1F)B1OC(C)(C)C(C)(C)O1. The summed E-state index contributed by atoms with van der Waals surface area (Å²) in [5.41, 5.74) is -1.96. The summed E-state index contributed by atoms with van der Waals surface area (Å²) in [4.78, 5) is 23.4. The second kappa shape index (κ2) is 8.39. The molecule has 7 nitrogen and oxygen atoms in total. The van der Waals surface area contributed by atoms with Gasteiger partial charge in [-0.3, -0.25) is 0 Å². The highest BCUT2D eigenvalue weighted by molar-refractivity contribution is 6.56. The summed E-state index contributed by atoms with van der Waals surface area (Å²) < 4.78 is 32.0. The van der Waals surface area contributed by atoms with Crippen LogP contribution in [0.3, 0.4) is 0 Å². The quantitative estimate of drug-likeness (QED) is 0.697. The van der Waals surface area contributed by atoms with Crippen LogP contribution in [0, 0.1) is 5.82 Å². The molecule has 0 aromatic heterocycles. The van der Waals surface area contributed by atoms with Gasteiger partial charge in [0.25, 0.3) is 0 Å². The molecule has 2 rings (SSSR count). The standard InChI is InChI=1S/C21H29BFNO6/c1-19(2,3)28-18(27)24-12-14(22-29-20(4,5)21(6,7)30-22)11-13-9-8-10-15(16(13)23)17(25)26/h8-11H,12H2,1-7H3,(H,24,27)(H,25,26). The normalized spacial score (nSPS) is 18.3. The minimum Gasteiger partial charge on any atom is -0.478 e. The van der Waals surface area contributed by atoms with Gasteiger partial charge in [-0.05, 0) is 60.0 Å². The molecule has 0 atom stereocenters. The molecule has 164 valence electrons. The number of carbonyl (C=O) groups excluding carboxylic acids is 1. The van der Waals surface area contributed by atoms with Crippen LogP contribution < -0.4 is 5.32 Å². The molecule has 0 saturated carbocycles. The predicted molar refractivity (Wildman–Crippen MR) is 112 cm³/mol. The Morgan fingerprint density at radius 2 is 1.77 bits per heavy atom. The molecule has 0 spiro atoms. The molecule has 0 aliphatic carbocycles. The van der Waals surface area contributed by atoms with Crippen molar-refractivity contribution in [1.29, 1.82) is 0 Å². The third kappa shape index (κ3) is 5.61. The molecule has 1 aliphatic rings. The Morgan fingerprint density at radius 1 is 1.20 bits per heavy atom. The Hall–Kier alpha value is -2.39. The molecule has 2 N–H and O–H groups in total. The molecule has 30 heavy (non-hydrogen) atoms. The summed E-state index contributed by atoms with van der Waals surface area (Å²) in [6, 6.07) is 4.07. The highest BCUT2D eigenvalue weighted by Crippen LogP contribution is 2.38. The van der Waals surface area contributed by atoms with Crippen LogP contribution in [0.25, 0.3) is 6.08 Å². The van der Waals surface area contributed by atoms with Gasteiger partial charge in [0.05, 0.1) is 16.8 Å². The lowest BCUT2D eigenvalue weighted by Gasteiger charge is -2.32. The maximum Gasteiger partial charge on any atom is 0.492 e. The molecule has 1 fully saturated rings. The Balaban J connectivity index is 2.37. The number of amides is 1. The summed E-state index contributed by atoms with van der Waals surface area (Å²) in [7, 11) is -0.863. The van der Waals surface area contributed by atoms with Gasteiger partial charge >= 0.3 is 19.2 Å². The molecule has 1 aliphatic heterocycles. The van der Waals surface area contributed by atoms with Crippen LogP contribution in [0.2, 0.25) is 0 Å². The van der Waals surface area contributed by atoms with Gasteiger partial charge < -0.3 is 24.5 Å². The number of aromatic carboxylic acids is 1. The number of halogens is 1. The molecule has 1 amide bonds. The van der Waals surface area contributed by atoms with Crippen molar-refractivity contribution in [1.82, 2.24) is 5.32 Å². The van der Waals surface area contributed by atoms with Crippen LogP contribution in [0.15, 0.2) is 23.7 Å². The number of nitrogens with one attached hydrogen (secondary N) is 1. The topological polar surface area (TPSA) is 94.1 Å². The van der Waals surface area contributed by atoms with Crippen LogP contribution in [-0.2, 0) is 14.0 Å². The fourth-order valence-electron chi connectivity index (χ4n) is 2.71. The number of rotatable bonds is 5. The largest absolute Gasteiger partial charge is 0.492 e. The lowest BCUT2D eigenvalue weighted by Crippen LogP contribution is -2.41. The van der Waals surface area contributed by atoms with Gasteiger partial charge in [0.1, 0.15) is 11.4 Å². The summed E-state index contributed by atoms with van der Waals surface area (Å²) >= 11 is 0. The number of hydrogen-bond acceptors (Lipinski definition) is 5. The zero-order chi connectivity index (χ0) is 22.9. The van der Waals surface area contributed by atoms with Gasteiger partial charge in [-0.25, -0.2) is 14.0 Å². The first-order chi connectivity index (χ1) is 13.6. The van der Waals surface area contributed by atoms with Crippen molar-refractivity contribution < 1.29 is 33.1 Å². The van der Waals surface area contributed by atoms with E-state index in [0.717, 1.165) is 0 Å². The summed E-state index contributed by atoms with van der Waals surface area (Å²) in [5, 5.41) is 11.8. The Morgan fingerprint density at radius 3 is 2.27 bits per heavy atom. The maximum absolute atomic E-state index is 14.7. The monoisotopic (exact) mass is 421 g/mol. The first-order valence-corrected chi connectivity index (χ1v) is 9.68. The predicted octanol–water partition coefficient (Wildman–Crippen LogP) is 4.06. The van der Waals surface area contributed by atoms with Gasteiger partial charge in [-0.2, -0.15) is 0 Å². The van der Waals surface area contributed by atoms with E-state index in [4.69, 9.17) is 14.0 Å². The van der Waals surface area contributed by atoms with Crippen molar-refractivity contribution in [3.63, 3.8) is 0 Å². The number of hydrogen-bond donors (Lipinski definition) is 2. The Bertz CT molecular complexity index is 844. The molecule has 9 heteroatoms. The zero-order valence-electron chi connectivity index (χ0n) is 18.5. The van der Waals surface area contributed by atoms with Crippen molar-refractivity contribution in [2.45, 2.75) is 65.3 Å². The van der Waals surface area contributed by atoms with E-state index in [-0.39, 0.29) is 12.1 Å². The van der Waals surface area contributed by atoms with Gasteiger partial charge in [-0.15, -0.1) is 0 Å². The first-order valence-electron chi connectivity index (χ1n) is 9.68. The second-order valence-electron chi connectivity index (χ2n) is 9.18. The Kier molecular flexibility index (Phi) is 6.68. The van der Waals surface area contributed by atoms with Crippen molar-refractivity contribution in [2.75, 3.05) is 6.54 Å². The van der Waals surface area contributed by atoms with E-state index in [1.165, 1.54) is 24.3 Å². The van der Waals surface area contributed by atoms with E-state index in [1.54, 1.807) is 20.8 Å². The second-order valence-corrected chi connectivity index (χ2v) is 9.18. The summed E-state index contributed by atoms with van der Waals surface area (Å²) in [5.74, 6) is -2.25. The smallest absolute Gasteiger partial charge is 0.478 e. The number of alkyl carbamates (subject to hydrolysis) is 1. The number of carbonyl (C=O) groups is 2. The summed E-state index contributed by atoms with van der Waals surface area (Å²) in [6.45, 7) is 12.7. The first kappa shape index (κ1) is 23.9. The minimum atomic E-state index is -1.37. The molecule has 1 saturated heterocycles. The van der Waals surface area contributed by atoms with Crippen LogP contribution in [0.4, 0.5) is 9.18 Å². The molecular weight excluding hydrogens is 392 g/mol. The van der Waals surface area contributed by atoms with E-state index in [9.17, 15) is 19.1 Å². The Labute approximate surface area is 176 Å². The highest BCUT2D eigenvalue weighted by Gasteiger charge is 2.52.